The second-order valence-electron chi connectivity index (χ2n) is 6.09. The molecule has 3 nitrogen and oxygen atoms in total. The molecule has 2 aromatic carbocycles. The van der Waals surface area contributed by atoms with Crippen LogP contribution in [0.15, 0.2) is 54.6 Å². The highest BCUT2D eigenvalue weighted by Gasteiger charge is 2.40. The predicted molar refractivity (Wildman–Crippen MR) is 87.0 cm³/mol. The highest BCUT2D eigenvalue weighted by molar-refractivity contribution is 5.83. The van der Waals surface area contributed by atoms with Gasteiger partial charge < -0.3 is 5.32 Å². The monoisotopic (exact) mass is 326 g/mol. The Labute approximate surface area is 138 Å². The maximum absolute atomic E-state index is 14.3. The number of carbonyl (C=O) groups is 1. The van der Waals surface area contributed by atoms with Crippen LogP contribution in [0.25, 0.3) is 5.57 Å². The number of benzene rings is 2. The topological polar surface area (TPSA) is 32.3 Å². The van der Waals surface area contributed by atoms with Crippen molar-refractivity contribution < 1.29 is 13.6 Å². The first-order valence-electron chi connectivity index (χ1n) is 7.88. The van der Waals surface area contributed by atoms with Gasteiger partial charge in [-0.25, -0.2) is 8.78 Å². The van der Waals surface area contributed by atoms with Crippen molar-refractivity contribution in [3.8, 4) is 0 Å². The molecule has 2 aliphatic heterocycles. The van der Waals surface area contributed by atoms with E-state index in [1.165, 1.54) is 6.07 Å². The first-order chi connectivity index (χ1) is 11.6. The SMILES string of the molecule is O=C1CN2C(CN1)C(c1cc(F)ccc1F)=C[C@H]2c1ccccc1. The third kappa shape index (κ3) is 2.51. The zero-order chi connectivity index (χ0) is 16.7. The molecule has 0 radical (unpaired) electrons. The van der Waals surface area contributed by atoms with E-state index in [0.29, 0.717) is 6.54 Å². The van der Waals surface area contributed by atoms with Crippen molar-refractivity contribution in [1.29, 1.82) is 0 Å². The Kier molecular flexibility index (Phi) is 3.65. The van der Waals surface area contributed by atoms with Crippen LogP contribution < -0.4 is 5.32 Å². The van der Waals surface area contributed by atoms with Crippen molar-refractivity contribution in [2.75, 3.05) is 13.1 Å². The largest absolute Gasteiger partial charge is 0.353 e. The fourth-order valence-electron chi connectivity index (χ4n) is 3.54. The molecule has 2 aromatic rings. The Morgan fingerprint density at radius 3 is 2.67 bits per heavy atom. The summed E-state index contributed by atoms with van der Waals surface area (Å²) in [5.74, 6) is -0.975. The van der Waals surface area contributed by atoms with Crippen molar-refractivity contribution >= 4 is 11.5 Å². The number of nitrogens with one attached hydrogen (secondary N) is 1. The first kappa shape index (κ1) is 15.0. The van der Waals surface area contributed by atoms with E-state index in [-0.39, 0.29) is 30.1 Å². The maximum atomic E-state index is 14.3. The molecule has 0 saturated carbocycles. The highest BCUT2D eigenvalue weighted by atomic mass is 19.1. The average molecular weight is 326 g/mol. The molecule has 1 amide bonds. The molecular weight excluding hydrogens is 310 g/mol. The van der Waals surface area contributed by atoms with E-state index in [0.717, 1.165) is 23.3 Å². The number of nitrogens with zero attached hydrogens (tertiary/aromatic N) is 1. The van der Waals surface area contributed by atoms with Gasteiger partial charge >= 0.3 is 0 Å². The molecule has 24 heavy (non-hydrogen) atoms. The first-order valence-corrected chi connectivity index (χ1v) is 7.88. The van der Waals surface area contributed by atoms with E-state index in [4.69, 9.17) is 0 Å². The number of fused-ring (bicyclic) bond motifs is 1. The predicted octanol–water partition coefficient (Wildman–Crippen LogP) is 2.90. The lowest BCUT2D eigenvalue weighted by atomic mass is 9.98. The molecule has 4 rings (SSSR count). The van der Waals surface area contributed by atoms with Crippen molar-refractivity contribution in [1.82, 2.24) is 10.2 Å². The van der Waals surface area contributed by atoms with Crippen LogP contribution in [-0.4, -0.2) is 29.9 Å². The summed E-state index contributed by atoms with van der Waals surface area (Å²) in [5.41, 5.74) is 2.02. The van der Waals surface area contributed by atoms with Gasteiger partial charge in [0.05, 0.1) is 18.6 Å². The number of hydrogen-bond acceptors (Lipinski definition) is 2. The smallest absolute Gasteiger partial charge is 0.234 e. The van der Waals surface area contributed by atoms with Crippen LogP contribution in [0.5, 0.6) is 0 Å². The molecule has 0 aliphatic carbocycles. The second kappa shape index (κ2) is 5.83. The van der Waals surface area contributed by atoms with Gasteiger partial charge in [0.2, 0.25) is 5.91 Å². The Bertz CT molecular complexity index is 819. The van der Waals surface area contributed by atoms with Crippen LogP contribution >= 0.6 is 0 Å². The molecule has 1 saturated heterocycles. The third-order valence-electron chi connectivity index (χ3n) is 4.65. The van der Waals surface area contributed by atoms with Gasteiger partial charge in [-0.3, -0.25) is 9.69 Å². The van der Waals surface area contributed by atoms with Gasteiger partial charge in [0.15, 0.2) is 0 Å². The quantitative estimate of drug-likeness (QED) is 0.920. The number of piperazine rings is 1. The maximum Gasteiger partial charge on any atom is 0.234 e. The van der Waals surface area contributed by atoms with Gasteiger partial charge in [-0.15, -0.1) is 0 Å². The summed E-state index contributed by atoms with van der Waals surface area (Å²) in [6.07, 6.45) is 1.94. The molecule has 122 valence electrons. The van der Waals surface area contributed by atoms with Crippen LogP contribution in [0.2, 0.25) is 0 Å². The fraction of sp³-hybridized carbons (Fsp3) is 0.211. The zero-order valence-corrected chi connectivity index (χ0v) is 12.9. The van der Waals surface area contributed by atoms with Crippen molar-refractivity contribution in [2.45, 2.75) is 12.1 Å². The minimum atomic E-state index is -0.471. The molecule has 0 bridgehead atoms. The molecule has 0 spiro atoms. The summed E-state index contributed by atoms with van der Waals surface area (Å²) in [5, 5.41) is 2.82. The third-order valence-corrected chi connectivity index (χ3v) is 4.65. The number of amides is 1. The van der Waals surface area contributed by atoms with E-state index < -0.39 is 11.6 Å². The lowest BCUT2D eigenvalue weighted by Gasteiger charge is -2.35. The summed E-state index contributed by atoms with van der Waals surface area (Å²) in [6, 6.07) is 13.0. The van der Waals surface area contributed by atoms with Gasteiger partial charge in [0, 0.05) is 12.1 Å². The normalized spacial score (nSPS) is 23.6. The van der Waals surface area contributed by atoms with Crippen molar-refractivity contribution in [3.63, 3.8) is 0 Å². The Morgan fingerprint density at radius 1 is 1.08 bits per heavy atom. The molecule has 2 aliphatic rings. The van der Waals surface area contributed by atoms with Gasteiger partial charge in [-0.2, -0.15) is 0 Å². The van der Waals surface area contributed by atoms with E-state index in [2.05, 4.69) is 5.32 Å². The van der Waals surface area contributed by atoms with E-state index in [1.807, 2.05) is 41.3 Å². The molecule has 2 heterocycles. The summed E-state index contributed by atoms with van der Waals surface area (Å²) >= 11 is 0. The van der Waals surface area contributed by atoms with E-state index >= 15 is 0 Å². The Balaban J connectivity index is 1.81. The summed E-state index contributed by atoms with van der Waals surface area (Å²) in [4.78, 5) is 13.9. The standard InChI is InChI=1S/C19H16F2N2O/c20-13-6-7-16(21)14(8-13)15-9-17(12-4-2-1-3-5-12)23-11-19(24)22-10-18(15)23/h1-9,17-18H,10-11H2,(H,22,24)/t17-,18?/m0/s1. The van der Waals surface area contributed by atoms with Crippen LogP contribution in [0.4, 0.5) is 8.78 Å². The van der Waals surface area contributed by atoms with Crippen molar-refractivity contribution in [2.24, 2.45) is 0 Å². The Hall–Kier alpha value is -2.53. The van der Waals surface area contributed by atoms with Gasteiger partial charge in [0.25, 0.3) is 0 Å². The minimum absolute atomic E-state index is 0.0541. The van der Waals surface area contributed by atoms with Gasteiger partial charge in [0.1, 0.15) is 11.6 Å². The van der Waals surface area contributed by atoms with Gasteiger partial charge in [-0.1, -0.05) is 36.4 Å². The molecule has 1 unspecified atom stereocenters. The highest BCUT2D eigenvalue weighted by Crippen LogP contribution is 2.40. The van der Waals surface area contributed by atoms with Crippen LogP contribution in [0, 0.1) is 11.6 Å². The minimum Gasteiger partial charge on any atom is -0.353 e. The second-order valence-corrected chi connectivity index (χ2v) is 6.09. The van der Waals surface area contributed by atoms with Crippen LogP contribution in [0.1, 0.15) is 17.2 Å². The van der Waals surface area contributed by atoms with E-state index in [1.54, 1.807) is 0 Å². The molecular formula is C19H16F2N2O. The molecule has 1 N–H and O–H groups in total. The number of halogens is 2. The summed E-state index contributed by atoms with van der Waals surface area (Å²) < 4.78 is 27.9. The fourth-order valence-corrected chi connectivity index (χ4v) is 3.54. The lowest BCUT2D eigenvalue weighted by Crippen LogP contribution is -2.53. The van der Waals surface area contributed by atoms with Crippen molar-refractivity contribution in [3.05, 3.63) is 77.4 Å². The number of rotatable bonds is 2. The van der Waals surface area contributed by atoms with Gasteiger partial charge in [-0.05, 0) is 29.3 Å². The zero-order valence-electron chi connectivity index (χ0n) is 12.9. The summed E-state index contributed by atoms with van der Waals surface area (Å²) in [6.45, 7) is 0.630. The van der Waals surface area contributed by atoms with Crippen LogP contribution in [-0.2, 0) is 4.79 Å². The summed E-state index contributed by atoms with van der Waals surface area (Å²) in [7, 11) is 0. The molecule has 0 aromatic heterocycles. The Morgan fingerprint density at radius 2 is 1.88 bits per heavy atom. The molecule has 2 atom stereocenters. The number of carbonyl (C=O) groups excluding carboxylic acids is 1. The molecule has 5 heteroatoms. The average Bonchev–Trinajstić information content (AvgIpc) is 2.96. The molecule has 1 fully saturated rings. The van der Waals surface area contributed by atoms with E-state index in [9.17, 15) is 13.6 Å². The number of hydrogen-bond donors (Lipinski definition) is 1. The lowest BCUT2D eigenvalue weighted by molar-refractivity contribution is -0.125. The van der Waals surface area contributed by atoms with Crippen LogP contribution in [0.3, 0.4) is 0 Å².